The maximum atomic E-state index is 11.3. The summed E-state index contributed by atoms with van der Waals surface area (Å²) < 4.78 is 32.9. The predicted molar refractivity (Wildman–Crippen MR) is 85.2 cm³/mol. The molecule has 0 aliphatic rings. The van der Waals surface area contributed by atoms with Crippen molar-refractivity contribution >= 4 is 15.7 Å². The van der Waals surface area contributed by atoms with Gasteiger partial charge in [-0.05, 0) is 0 Å². The zero-order valence-corrected chi connectivity index (χ0v) is 13.7. The van der Waals surface area contributed by atoms with Crippen LogP contribution in [0.15, 0.2) is 41.5 Å². The van der Waals surface area contributed by atoms with Crippen molar-refractivity contribution in [2.75, 3.05) is 20.5 Å². The van der Waals surface area contributed by atoms with Crippen LogP contribution in [0, 0.1) is 0 Å². The lowest BCUT2D eigenvalue weighted by Gasteiger charge is -2.09. The second-order valence-corrected chi connectivity index (χ2v) is 6.19. The highest BCUT2D eigenvalue weighted by Crippen LogP contribution is 2.17. The summed E-state index contributed by atoms with van der Waals surface area (Å²) in [6.45, 7) is 0. The number of sulfonamides is 1. The van der Waals surface area contributed by atoms with Gasteiger partial charge in [0.1, 0.15) is 5.71 Å². The normalized spacial score (nSPS) is 11.9. The van der Waals surface area contributed by atoms with E-state index in [1.165, 1.54) is 20.3 Å². The number of benzene rings is 1. The van der Waals surface area contributed by atoms with Crippen LogP contribution >= 0.6 is 0 Å². The number of nitrogens with zero attached hydrogens (tertiary/aromatic N) is 3. The summed E-state index contributed by atoms with van der Waals surface area (Å²) in [5.41, 5.74) is 0.882. The quantitative estimate of drug-likeness (QED) is 0.618. The standard InChI is InChI=1S/C14H16N4O4S/c1-21-11-9-12(22-2)16-14(15-11)13(17-18-23(3,19)20)10-7-5-4-6-8-10/h4-9,18H,1-3H3/b17-13+. The molecular weight excluding hydrogens is 320 g/mol. The number of hydrogen-bond donors (Lipinski definition) is 1. The maximum absolute atomic E-state index is 11.3. The average molecular weight is 336 g/mol. The van der Waals surface area contributed by atoms with E-state index in [0.29, 0.717) is 5.56 Å². The molecule has 0 spiro atoms. The Kier molecular flexibility index (Phi) is 5.12. The molecule has 0 bridgehead atoms. The Hall–Kier alpha value is -2.68. The van der Waals surface area contributed by atoms with E-state index in [0.717, 1.165) is 6.26 Å². The molecule has 8 nitrogen and oxygen atoms in total. The second kappa shape index (κ2) is 7.05. The van der Waals surface area contributed by atoms with E-state index in [2.05, 4.69) is 19.9 Å². The molecule has 0 atom stereocenters. The first-order valence-electron chi connectivity index (χ1n) is 6.50. The highest BCUT2D eigenvalue weighted by Gasteiger charge is 2.15. The molecule has 122 valence electrons. The van der Waals surface area contributed by atoms with E-state index in [-0.39, 0.29) is 23.3 Å². The van der Waals surface area contributed by atoms with Gasteiger partial charge in [-0.1, -0.05) is 30.3 Å². The van der Waals surface area contributed by atoms with Gasteiger partial charge in [0.2, 0.25) is 21.8 Å². The Morgan fingerprint density at radius 3 is 2.13 bits per heavy atom. The highest BCUT2D eigenvalue weighted by molar-refractivity contribution is 7.88. The van der Waals surface area contributed by atoms with E-state index in [9.17, 15) is 8.42 Å². The molecule has 1 N–H and O–H groups in total. The molecule has 0 unspecified atom stereocenters. The third kappa shape index (κ3) is 4.65. The molecule has 1 heterocycles. The number of hydrazone groups is 1. The van der Waals surface area contributed by atoms with Crippen LogP contribution in [0.3, 0.4) is 0 Å². The topological polar surface area (TPSA) is 103 Å². The Morgan fingerprint density at radius 2 is 1.65 bits per heavy atom. The van der Waals surface area contributed by atoms with Gasteiger partial charge in [0.25, 0.3) is 0 Å². The third-order valence-corrected chi connectivity index (χ3v) is 3.10. The van der Waals surface area contributed by atoms with Crippen molar-refractivity contribution in [3.8, 4) is 11.8 Å². The smallest absolute Gasteiger partial charge is 0.244 e. The summed E-state index contributed by atoms with van der Waals surface area (Å²) in [4.78, 5) is 10.5. The number of rotatable bonds is 6. The van der Waals surface area contributed by atoms with Gasteiger partial charge < -0.3 is 9.47 Å². The summed E-state index contributed by atoms with van der Waals surface area (Å²) >= 11 is 0. The molecule has 1 aromatic carbocycles. The van der Waals surface area contributed by atoms with Crippen LogP contribution in [0.2, 0.25) is 0 Å². The fraction of sp³-hybridized carbons (Fsp3) is 0.214. The largest absolute Gasteiger partial charge is 0.481 e. The summed E-state index contributed by atoms with van der Waals surface area (Å²) in [5.74, 6) is 0.716. The lowest BCUT2D eigenvalue weighted by molar-refractivity contribution is 0.371. The van der Waals surface area contributed by atoms with Crippen LogP contribution in [-0.2, 0) is 10.0 Å². The monoisotopic (exact) mass is 336 g/mol. The molecule has 0 saturated carbocycles. The van der Waals surface area contributed by atoms with Crippen molar-refractivity contribution in [3.05, 3.63) is 47.8 Å². The Bertz CT molecular complexity index is 785. The van der Waals surface area contributed by atoms with Crippen molar-refractivity contribution in [2.45, 2.75) is 0 Å². The fourth-order valence-electron chi connectivity index (χ4n) is 1.69. The zero-order valence-electron chi connectivity index (χ0n) is 12.8. The first-order valence-corrected chi connectivity index (χ1v) is 8.39. The fourth-order valence-corrected chi connectivity index (χ4v) is 1.94. The lowest BCUT2D eigenvalue weighted by atomic mass is 10.1. The molecule has 0 amide bonds. The highest BCUT2D eigenvalue weighted by atomic mass is 32.2. The molecule has 0 fully saturated rings. The molecular formula is C14H16N4O4S. The number of hydrogen-bond acceptors (Lipinski definition) is 7. The molecule has 2 rings (SSSR count). The van der Waals surface area contributed by atoms with Gasteiger partial charge in [0.15, 0.2) is 5.82 Å². The third-order valence-electron chi connectivity index (χ3n) is 2.68. The molecule has 2 aromatic rings. The van der Waals surface area contributed by atoms with Gasteiger partial charge in [-0.25, -0.2) is 13.2 Å². The first-order chi connectivity index (χ1) is 10.9. The number of ether oxygens (including phenoxy) is 2. The summed E-state index contributed by atoms with van der Waals surface area (Å²) in [6.07, 6.45) is 1.01. The number of methoxy groups -OCH3 is 2. The molecule has 23 heavy (non-hydrogen) atoms. The number of nitrogens with one attached hydrogen (secondary N) is 1. The lowest BCUT2D eigenvalue weighted by Crippen LogP contribution is -2.20. The van der Waals surface area contributed by atoms with Crippen molar-refractivity contribution in [1.29, 1.82) is 0 Å². The van der Waals surface area contributed by atoms with Crippen molar-refractivity contribution in [2.24, 2.45) is 5.10 Å². The molecule has 0 aliphatic carbocycles. The number of aromatic nitrogens is 2. The van der Waals surface area contributed by atoms with Crippen molar-refractivity contribution in [1.82, 2.24) is 14.8 Å². The van der Waals surface area contributed by atoms with E-state index < -0.39 is 10.0 Å². The minimum absolute atomic E-state index is 0.170. The summed E-state index contributed by atoms with van der Waals surface area (Å²) in [7, 11) is -0.606. The van der Waals surface area contributed by atoms with Gasteiger partial charge in [-0.2, -0.15) is 15.1 Å². The van der Waals surface area contributed by atoms with Gasteiger partial charge in [-0.15, -0.1) is 0 Å². The van der Waals surface area contributed by atoms with Crippen LogP contribution in [0.25, 0.3) is 0 Å². The molecule has 9 heteroatoms. The molecule has 0 saturated heterocycles. The minimum atomic E-state index is -3.52. The Balaban J connectivity index is 2.58. The Morgan fingerprint density at radius 1 is 1.09 bits per heavy atom. The van der Waals surface area contributed by atoms with Crippen LogP contribution in [0.4, 0.5) is 0 Å². The molecule has 0 radical (unpaired) electrons. The van der Waals surface area contributed by atoms with Crippen LogP contribution < -0.4 is 14.3 Å². The SMILES string of the molecule is COc1cc(OC)nc(/C(=N/NS(C)(=O)=O)c2ccccc2)n1. The predicted octanol–water partition coefficient (Wildman–Crippen LogP) is 0.795. The van der Waals surface area contributed by atoms with Crippen molar-refractivity contribution < 1.29 is 17.9 Å². The van der Waals surface area contributed by atoms with Gasteiger partial charge in [0.05, 0.1) is 26.5 Å². The zero-order chi connectivity index (χ0) is 16.9. The van der Waals surface area contributed by atoms with Crippen LogP contribution in [0.1, 0.15) is 11.4 Å². The molecule has 1 aromatic heterocycles. The minimum Gasteiger partial charge on any atom is -0.481 e. The van der Waals surface area contributed by atoms with Gasteiger partial charge in [-0.3, -0.25) is 0 Å². The van der Waals surface area contributed by atoms with Crippen LogP contribution in [-0.4, -0.2) is 44.6 Å². The van der Waals surface area contributed by atoms with E-state index in [4.69, 9.17) is 9.47 Å². The first kappa shape index (κ1) is 16.7. The van der Waals surface area contributed by atoms with Crippen molar-refractivity contribution in [3.63, 3.8) is 0 Å². The van der Waals surface area contributed by atoms with Crippen LogP contribution in [0.5, 0.6) is 11.8 Å². The summed E-state index contributed by atoms with van der Waals surface area (Å²) in [6, 6.07) is 10.5. The van der Waals surface area contributed by atoms with E-state index in [1.54, 1.807) is 24.3 Å². The Labute approximate surface area is 134 Å². The van der Waals surface area contributed by atoms with E-state index >= 15 is 0 Å². The summed E-state index contributed by atoms with van der Waals surface area (Å²) in [5, 5.41) is 3.93. The average Bonchev–Trinajstić information content (AvgIpc) is 2.54. The maximum Gasteiger partial charge on any atom is 0.244 e. The van der Waals surface area contributed by atoms with Gasteiger partial charge in [0, 0.05) is 5.56 Å². The van der Waals surface area contributed by atoms with Gasteiger partial charge >= 0.3 is 0 Å². The second-order valence-electron chi connectivity index (χ2n) is 4.47. The molecule has 0 aliphatic heterocycles. The van der Waals surface area contributed by atoms with E-state index in [1.807, 2.05) is 6.07 Å².